The van der Waals surface area contributed by atoms with Crippen molar-refractivity contribution in [3.8, 4) is 0 Å². The van der Waals surface area contributed by atoms with Crippen molar-refractivity contribution in [1.82, 2.24) is 4.98 Å². The number of oxime groups is 1. The summed E-state index contributed by atoms with van der Waals surface area (Å²) in [6.07, 6.45) is 1.57. The van der Waals surface area contributed by atoms with Crippen molar-refractivity contribution in [2.45, 2.75) is 6.42 Å². The van der Waals surface area contributed by atoms with Gasteiger partial charge in [-0.25, -0.2) is 4.79 Å². The molecule has 0 aliphatic rings. The minimum Gasteiger partial charge on any atom is -0.477 e. The van der Waals surface area contributed by atoms with Gasteiger partial charge in [0.1, 0.15) is 0 Å². The molecule has 0 spiro atoms. The topological polar surface area (TPSA) is 82.8 Å². The maximum Gasteiger partial charge on any atom is 0.354 e. The smallest absolute Gasteiger partial charge is 0.354 e. The predicted octanol–water partition coefficient (Wildman–Crippen LogP) is 0.539. The summed E-state index contributed by atoms with van der Waals surface area (Å²) in [4.78, 5) is 14.3. The van der Waals surface area contributed by atoms with E-state index in [1.807, 2.05) is 0 Å². The Balaban J connectivity index is 2.74. The second kappa shape index (κ2) is 4.20. The number of aromatic nitrogens is 1. The third kappa shape index (κ3) is 2.55. The van der Waals surface area contributed by atoms with Gasteiger partial charge in [-0.3, -0.25) is 4.98 Å². The van der Waals surface area contributed by atoms with Gasteiger partial charge in [0.2, 0.25) is 0 Å². The number of carbonyl (C=O) groups is 1. The molecule has 0 unspecified atom stereocenters. The fourth-order valence-electron chi connectivity index (χ4n) is 0.828. The van der Waals surface area contributed by atoms with Crippen LogP contribution in [-0.4, -0.2) is 27.0 Å². The molecule has 0 saturated heterocycles. The minimum atomic E-state index is -1.24. The second-order valence-corrected chi connectivity index (χ2v) is 2.35. The first kappa shape index (κ1) is 9.18. The molecule has 5 nitrogen and oxygen atoms in total. The van der Waals surface area contributed by atoms with E-state index in [9.17, 15) is 4.79 Å². The highest BCUT2D eigenvalue weighted by molar-refractivity contribution is 6.35. The van der Waals surface area contributed by atoms with Gasteiger partial charge in [0.05, 0.1) is 0 Å². The number of hydrogen-bond acceptors (Lipinski definition) is 4. The number of nitrogens with zero attached hydrogens (tertiary/aromatic N) is 2. The Hall–Kier alpha value is -1.91. The number of carboxylic acids is 1. The van der Waals surface area contributed by atoms with E-state index in [1.165, 1.54) is 0 Å². The van der Waals surface area contributed by atoms with Gasteiger partial charge < -0.3 is 10.3 Å². The molecule has 0 aromatic carbocycles. The standard InChI is InChI=1S/C8H8N2O3/c11-8(12)7(10-13)5-6-3-1-2-4-9-6/h1-4,13H,5H2,(H,11,12). The molecule has 5 heteroatoms. The Morgan fingerprint density at radius 3 is 2.77 bits per heavy atom. The first-order chi connectivity index (χ1) is 6.24. The maximum atomic E-state index is 10.4. The number of pyridine rings is 1. The summed E-state index contributed by atoms with van der Waals surface area (Å²) in [5, 5.41) is 19.5. The zero-order chi connectivity index (χ0) is 9.68. The fourth-order valence-corrected chi connectivity index (χ4v) is 0.828. The van der Waals surface area contributed by atoms with Crippen molar-refractivity contribution in [1.29, 1.82) is 0 Å². The van der Waals surface area contributed by atoms with Gasteiger partial charge in [0.25, 0.3) is 0 Å². The molecule has 1 heterocycles. The van der Waals surface area contributed by atoms with E-state index in [4.69, 9.17) is 10.3 Å². The Labute approximate surface area is 74.3 Å². The Kier molecular flexibility index (Phi) is 2.97. The molecule has 1 rings (SSSR count). The highest BCUT2D eigenvalue weighted by atomic mass is 16.4. The van der Waals surface area contributed by atoms with Gasteiger partial charge in [0, 0.05) is 18.3 Å². The summed E-state index contributed by atoms with van der Waals surface area (Å²) in [6, 6.07) is 5.12. The Morgan fingerprint density at radius 2 is 2.31 bits per heavy atom. The van der Waals surface area contributed by atoms with Crippen molar-refractivity contribution in [3.63, 3.8) is 0 Å². The van der Waals surface area contributed by atoms with E-state index in [1.54, 1.807) is 24.4 Å². The third-order valence-corrected chi connectivity index (χ3v) is 1.44. The minimum absolute atomic E-state index is 0.0205. The molecule has 13 heavy (non-hydrogen) atoms. The molecule has 0 aliphatic carbocycles. The zero-order valence-electron chi connectivity index (χ0n) is 6.71. The van der Waals surface area contributed by atoms with Crippen LogP contribution in [0.1, 0.15) is 5.69 Å². The Bertz CT molecular complexity index is 321. The van der Waals surface area contributed by atoms with Crippen molar-refractivity contribution >= 4 is 11.7 Å². The third-order valence-electron chi connectivity index (χ3n) is 1.44. The molecule has 0 fully saturated rings. The van der Waals surface area contributed by atoms with Gasteiger partial charge in [-0.05, 0) is 12.1 Å². The van der Waals surface area contributed by atoms with E-state index in [0.29, 0.717) is 5.69 Å². The van der Waals surface area contributed by atoms with E-state index >= 15 is 0 Å². The van der Waals surface area contributed by atoms with Crippen molar-refractivity contribution in [2.24, 2.45) is 5.16 Å². The number of hydrogen-bond donors (Lipinski definition) is 2. The van der Waals surface area contributed by atoms with Crippen molar-refractivity contribution in [3.05, 3.63) is 30.1 Å². The largest absolute Gasteiger partial charge is 0.477 e. The number of rotatable bonds is 3. The lowest BCUT2D eigenvalue weighted by Gasteiger charge is -1.97. The van der Waals surface area contributed by atoms with E-state index in [-0.39, 0.29) is 12.1 Å². The number of aliphatic carboxylic acids is 1. The average Bonchev–Trinajstić information content (AvgIpc) is 2.15. The highest BCUT2D eigenvalue weighted by Gasteiger charge is 2.10. The molecule has 2 N–H and O–H groups in total. The lowest BCUT2D eigenvalue weighted by atomic mass is 10.2. The molecule has 68 valence electrons. The Morgan fingerprint density at radius 1 is 1.54 bits per heavy atom. The summed E-state index contributed by atoms with van der Waals surface area (Å²) in [7, 11) is 0. The van der Waals surface area contributed by atoms with Crippen molar-refractivity contribution < 1.29 is 15.1 Å². The number of carboxylic acid groups (broad SMARTS) is 1. The molecular weight excluding hydrogens is 172 g/mol. The quantitative estimate of drug-likeness (QED) is 0.404. The van der Waals surface area contributed by atoms with E-state index in [0.717, 1.165) is 0 Å². The van der Waals surface area contributed by atoms with Crippen LogP contribution in [0.15, 0.2) is 29.6 Å². The molecule has 0 bridgehead atoms. The first-order valence-corrected chi connectivity index (χ1v) is 3.58. The molecule has 0 amide bonds. The first-order valence-electron chi connectivity index (χ1n) is 3.58. The predicted molar refractivity (Wildman–Crippen MR) is 44.8 cm³/mol. The molecular formula is C8H8N2O3. The van der Waals surface area contributed by atoms with Crippen LogP contribution in [0, 0.1) is 0 Å². The molecule has 0 saturated carbocycles. The van der Waals surface area contributed by atoms with E-state index in [2.05, 4.69) is 10.1 Å². The lowest BCUT2D eigenvalue weighted by molar-refractivity contribution is -0.129. The van der Waals surface area contributed by atoms with Crippen LogP contribution < -0.4 is 0 Å². The SMILES string of the molecule is O=C(O)C(Cc1ccccn1)=NO. The second-order valence-electron chi connectivity index (χ2n) is 2.35. The molecule has 0 radical (unpaired) electrons. The van der Waals surface area contributed by atoms with Gasteiger partial charge in [-0.1, -0.05) is 11.2 Å². The van der Waals surface area contributed by atoms with Gasteiger partial charge in [-0.15, -0.1) is 0 Å². The van der Waals surface area contributed by atoms with Crippen LogP contribution in [-0.2, 0) is 11.2 Å². The normalized spacial score (nSPS) is 11.2. The van der Waals surface area contributed by atoms with Crippen molar-refractivity contribution in [2.75, 3.05) is 0 Å². The fraction of sp³-hybridized carbons (Fsp3) is 0.125. The molecule has 1 aromatic heterocycles. The van der Waals surface area contributed by atoms with Crippen LogP contribution >= 0.6 is 0 Å². The van der Waals surface area contributed by atoms with Crippen LogP contribution in [0.25, 0.3) is 0 Å². The summed E-state index contributed by atoms with van der Waals surface area (Å²) < 4.78 is 0. The van der Waals surface area contributed by atoms with Crippen LogP contribution in [0.5, 0.6) is 0 Å². The van der Waals surface area contributed by atoms with Crippen LogP contribution in [0.2, 0.25) is 0 Å². The van der Waals surface area contributed by atoms with E-state index < -0.39 is 5.97 Å². The van der Waals surface area contributed by atoms with Crippen LogP contribution in [0.4, 0.5) is 0 Å². The van der Waals surface area contributed by atoms with Crippen LogP contribution in [0.3, 0.4) is 0 Å². The van der Waals surface area contributed by atoms with Gasteiger partial charge in [-0.2, -0.15) is 0 Å². The maximum absolute atomic E-state index is 10.4. The zero-order valence-corrected chi connectivity index (χ0v) is 6.71. The highest BCUT2D eigenvalue weighted by Crippen LogP contribution is 1.96. The molecule has 1 aromatic rings. The molecule has 0 aliphatic heterocycles. The summed E-state index contributed by atoms with van der Waals surface area (Å²) >= 11 is 0. The van der Waals surface area contributed by atoms with Gasteiger partial charge in [0.15, 0.2) is 5.71 Å². The lowest BCUT2D eigenvalue weighted by Crippen LogP contribution is -2.16. The molecule has 0 atom stereocenters. The monoisotopic (exact) mass is 180 g/mol. The summed E-state index contributed by atoms with van der Waals surface area (Å²) in [5.41, 5.74) is 0.233. The average molecular weight is 180 g/mol. The van der Waals surface area contributed by atoms with Gasteiger partial charge >= 0.3 is 5.97 Å². The summed E-state index contributed by atoms with van der Waals surface area (Å²) in [5.74, 6) is -1.24. The summed E-state index contributed by atoms with van der Waals surface area (Å²) in [6.45, 7) is 0.